The molecule has 4 aromatic carbocycles. The van der Waals surface area contributed by atoms with Gasteiger partial charge in [-0.25, -0.2) is 0 Å². The molecule has 218 valence electrons. The van der Waals surface area contributed by atoms with Crippen molar-refractivity contribution in [1.29, 1.82) is 0 Å². The van der Waals surface area contributed by atoms with Crippen LogP contribution in [-0.2, 0) is 46.7 Å². The lowest BCUT2D eigenvalue weighted by atomic mass is 9.92. The number of esters is 1. The largest absolute Gasteiger partial charge is 0.488 e. The van der Waals surface area contributed by atoms with E-state index in [1.165, 1.54) is 12.1 Å². The molecule has 0 bridgehead atoms. The second-order valence-electron chi connectivity index (χ2n) is 9.57. The summed E-state index contributed by atoms with van der Waals surface area (Å²) in [5, 5.41) is 12.7. The van der Waals surface area contributed by atoms with Gasteiger partial charge < -0.3 is 19.9 Å². The van der Waals surface area contributed by atoms with Crippen molar-refractivity contribution in [3.63, 3.8) is 0 Å². The van der Waals surface area contributed by atoms with E-state index in [0.717, 1.165) is 23.3 Å². The van der Waals surface area contributed by atoms with Crippen LogP contribution in [-0.4, -0.2) is 23.6 Å². The summed E-state index contributed by atoms with van der Waals surface area (Å²) in [6.07, 6.45) is -4.74. The molecule has 42 heavy (non-hydrogen) atoms. The van der Waals surface area contributed by atoms with Gasteiger partial charge in [0.2, 0.25) is 0 Å². The third kappa shape index (κ3) is 8.68. The average molecular weight is 578 g/mol. The highest BCUT2D eigenvalue weighted by molar-refractivity contribution is 5.79. The van der Waals surface area contributed by atoms with E-state index in [0.29, 0.717) is 28.0 Å². The minimum atomic E-state index is -4.50. The number of carbonyl (C=O) groups excluding carboxylic acids is 1. The molecular weight excluding hydrogens is 547 g/mol. The van der Waals surface area contributed by atoms with Gasteiger partial charge in [-0.15, -0.1) is 0 Å². The first-order chi connectivity index (χ1) is 20.2. The van der Waals surface area contributed by atoms with Gasteiger partial charge >= 0.3 is 18.1 Å². The highest BCUT2D eigenvalue weighted by Gasteiger charge is 2.30. The molecule has 0 unspecified atom stereocenters. The van der Waals surface area contributed by atoms with Crippen LogP contribution < -0.4 is 10.1 Å². The summed E-state index contributed by atoms with van der Waals surface area (Å²) in [6, 6.07) is 26.6. The normalized spacial score (nSPS) is 11.2. The quantitative estimate of drug-likeness (QED) is 0.134. The van der Waals surface area contributed by atoms with Crippen molar-refractivity contribution in [1.82, 2.24) is 5.32 Å². The number of halogens is 3. The molecule has 0 aliphatic heterocycles. The van der Waals surface area contributed by atoms with E-state index >= 15 is 0 Å². The molecule has 0 radical (unpaired) electrons. The molecule has 0 fully saturated rings. The summed E-state index contributed by atoms with van der Waals surface area (Å²) < 4.78 is 51.3. The van der Waals surface area contributed by atoms with Crippen molar-refractivity contribution < 1.29 is 37.3 Å². The summed E-state index contributed by atoms with van der Waals surface area (Å²) in [6.45, 7) is 0.739. The molecule has 0 aromatic heterocycles. The molecule has 6 nitrogen and oxygen atoms in total. The van der Waals surface area contributed by atoms with Gasteiger partial charge in [-0.05, 0) is 46.0 Å². The molecule has 0 aliphatic carbocycles. The minimum absolute atomic E-state index is 0.0703. The Morgan fingerprint density at radius 2 is 1.40 bits per heavy atom. The number of rotatable bonds is 13. The third-order valence-electron chi connectivity index (χ3n) is 6.50. The van der Waals surface area contributed by atoms with Crippen LogP contribution in [0.5, 0.6) is 5.75 Å². The fourth-order valence-electron chi connectivity index (χ4n) is 4.41. The standard InChI is InChI=1S/C33H30F3NO5/c34-33(35,36)27-14-11-25(12-15-27)32-28(20-37-18-17-31(40)42-22-24-9-5-2-6-10-24)26(19-30(38)39)13-16-29(32)41-21-23-7-3-1-4-8-23/h1-16,37H,17-22H2,(H,38,39). The van der Waals surface area contributed by atoms with E-state index in [9.17, 15) is 27.9 Å². The van der Waals surface area contributed by atoms with E-state index < -0.39 is 23.7 Å². The molecule has 0 saturated heterocycles. The Morgan fingerprint density at radius 3 is 2.00 bits per heavy atom. The van der Waals surface area contributed by atoms with Crippen LogP contribution in [0.1, 0.15) is 34.2 Å². The molecule has 0 atom stereocenters. The van der Waals surface area contributed by atoms with Crippen LogP contribution in [0, 0.1) is 0 Å². The molecule has 0 spiro atoms. The molecule has 4 aromatic rings. The lowest BCUT2D eigenvalue weighted by Crippen LogP contribution is -2.21. The minimum Gasteiger partial charge on any atom is -0.488 e. The number of carboxylic acid groups (broad SMARTS) is 1. The van der Waals surface area contributed by atoms with Crippen LogP contribution in [0.2, 0.25) is 0 Å². The maximum absolute atomic E-state index is 13.3. The highest BCUT2D eigenvalue weighted by atomic mass is 19.4. The fourth-order valence-corrected chi connectivity index (χ4v) is 4.41. The lowest BCUT2D eigenvalue weighted by Gasteiger charge is -2.20. The predicted molar refractivity (Wildman–Crippen MR) is 152 cm³/mol. The number of carbonyl (C=O) groups is 2. The average Bonchev–Trinajstić information content (AvgIpc) is 2.98. The maximum atomic E-state index is 13.3. The zero-order chi connectivity index (χ0) is 30.0. The Balaban J connectivity index is 1.58. The molecule has 0 saturated carbocycles. The Labute approximate surface area is 241 Å². The van der Waals surface area contributed by atoms with Crippen molar-refractivity contribution >= 4 is 11.9 Å². The zero-order valence-corrected chi connectivity index (χ0v) is 22.7. The Kier molecular flexibility index (Phi) is 10.3. The van der Waals surface area contributed by atoms with Gasteiger partial charge in [0.25, 0.3) is 0 Å². The van der Waals surface area contributed by atoms with Gasteiger partial charge in [0, 0.05) is 18.7 Å². The number of nitrogens with one attached hydrogen (secondary N) is 1. The number of benzene rings is 4. The molecule has 0 heterocycles. The summed E-state index contributed by atoms with van der Waals surface area (Å²) in [5.41, 5.74) is 2.91. The van der Waals surface area contributed by atoms with Gasteiger partial charge in [0.1, 0.15) is 19.0 Å². The van der Waals surface area contributed by atoms with Gasteiger partial charge in [-0.2, -0.15) is 13.2 Å². The van der Waals surface area contributed by atoms with Crippen molar-refractivity contribution in [2.75, 3.05) is 6.54 Å². The second-order valence-corrected chi connectivity index (χ2v) is 9.57. The van der Waals surface area contributed by atoms with Crippen LogP contribution in [0.25, 0.3) is 11.1 Å². The number of hydrogen-bond donors (Lipinski definition) is 2. The molecule has 4 rings (SSSR count). The number of alkyl halides is 3. The van der Waals surface area contributed by atoms with Crippen molar-refractivity contribution in [2.45, 2.75) is 38.8 Å². The number of carboxylic acids is 1. The van der Waals surface area contributed by atoms with Crippen LogP contribution in [0.3, 0.4) is 0 Å². The Morgan fingerprint density at radius 1 is 0.786 bits per heavy atom. The maximum Gasteiger partial charge on any atom is 0.416 e. The first kappa shape index (κ1) is 30.3. The SMILES string of the molecule is O=C(O)Cc1ccc(OCc2ccccc2)c(-c2ccc(C(F)(F)F)cc2)c1CNCCC(=O)OCc1ccccc1. The molecule has 2 N–H and O–H groups in total. The van der Waals surface area contributed by atoms with Gasteiger partial charge in [0.05, 0.1) is 18.4 Å². The van der Waals surface area contributed by atoms with E-state index in [4.69, 9.17) is 9.47 Å². The topological polar surface area (TPSA) is 84.9 Å². The number of ether oxygens (including phenoxy) is 2. The van der Waals surface area contributed by atoms with Crippen LogP contribution >= 0.6 is 0 Å². The summed E-state index contributed by atoms with van der Waals surface area (Å²) in [4.78, 5) is 24.0. The van der Waals surface area contributed by atoms with E-state index in [2.05, 4.69) is 5.32 Å². The lowest BCUT2D eigenvalue weighted by molar-refractivity contribution is -0.145. The molecular formula is C33H30F3NO5. The summed E-state index contributed by atoms with van der Waals surface area (Å²) >= 11 is 0. The molecule has 9 heteroatoms. The smallest absolute Gasteiger partial charge is 0.416 e. The van der Waals surface area contributed by atoms with Gasteiger partial charge in [-0.1, -0.05) is 78.9 Å². The predicted octanol–water partition coefficient (Wildman–Crippen LogP) is 6.80. The second kappa shape index (κ2) is 14.3. The van der Waals surface area contributed by atoms with Crippen molar-refractivity contribution in [3.8, 4) is 16.9 Å². The highest BCUT2D eigenvalue weighted by Crippen LogP contribution is 2.38. The monoisotopic (exact) mass is 577 g/mol. The first-order valence-electron chi connectivity index (χ1n) is 13.3. The van der Waals surface area contributed by atoms with Gasteiger partial charge in [-0.3, -0.25) is 9.59 Å². The van der Waals surface area contributed by atoms with Crippen LogP contribution in [0.15, 0.2) is 97.1 Å². The molecule has 0 amide bonds. The van der Waals surface area contributed by atoms with Crippen molar-refractivity contribution in [2.24, 2.45) is 0 Å². The number of hydrogen-bond acceptors (Lipinski definition) is 5. The Hall–Kier alpha value is -4.63. The Bertz CT molecular complexity index is 1470. The summed E-state index contributed by atoms with van der Waals surface area (Å²) in [5.74, 6) is -1.07. The van der Waals surface area contributed by atoms with E-state index in [-0.39, 0.29) is 39.1 Å². The zero-order valence-electron chi connectivity index (χ0n) is 22.7. The fraction of sp³-hybridized carbons (Fsp3) is 0.212. The third-order valence-corrected chi connectivity index (χ3v) is 6.50. The summed E-state index contributed by atoms with van der Waals surface area (Å²) in [7, 11) is 0. The van der Waals surface area contributed by atoms with Crippen LogP contribution in [0.4, 0.5) is 13.2 Å². The van der Waals surface area contributed by atoms with Gasteiger partial charge in [0.15, 0.2) is 0 Å². The van der Waals surface area contributed by atoms with E-state index in [1.54, 1.807) is 12.1 Å². The van der Waals surface area contributed by atoms with E-state index in [1.807, 2.05) is 60.7 Å². The number of aliphatic carboxylic acids is 1. The first-order valence-corrected chi connectivity index (χ1v) is 13.3. The molecule has 0 aliphatic rings. The van der Waals surface area contributed by atoms with Crippen molar-refractivity contribution in [3.05, 3.63) is 125 Å².